The topological polar surface area (TPSA) is 104 Å². The van der Waals surface area contributed by atoms with Gasteiger partial charge in [-0.3, -0.25) is 24.0 Å². The number of rotatable bonds is 10. The van der Waals surface area contributed by atoms with E-state index in [9.17, 15) is 24.0 Å². The van der Waals surface area contributed by atoms with Gasteiger partial charge in [-0.25, -0.2) is 0 Å². The minimum atomic E-state index is -1.58. The van der Waals surface area contributed by atoms with Crippen LogP contribution in [-0.2, 0) is 33.4 Å². The second kappa shape index (κ2) is 11.2. The third-order valence-electron chi connectivity index (χ3n) is 10.2. The average Bonchev–Trinajstić information content (AvgIpc) is 3.14. The zero-order valence-electron chi connectivity index (χ0n) is 24.8. The first-order valence-electron chi connectivity index (χ1n) is 15.0. The Kier molecular flexibility index (Phi) is 8.45. The summed E-state index contributed by atoms with van der Waals surface area (Å²) in [6.07, 6.45) is 12.2. The molecule has 2 saturated carbocycles. The molecule has 0 radical (unpaired) electrons. The minimum Gasteiger partial charge on any atom is -0.457 e. The standard InChI is InChI=1S/C33H44O7/c1-7-10-11-12-21-16-23-25-15-20(4)33(40-29(38)9-3,27(36)19-39-28(37)8-2)32(25,6)18-26(35)30(23)31(5)14-13-22(34)17-24(21)31/h13-14,16-17,20,23,25,30H,7-12,15,18-19H2,1-6H3/t20-,23+,25+,30-,31+,32+,33+/m1/s1. The van der Waals surface area contributed by atoms with Crippen LogP contribution in [0.2, 0.25) is 0 Å². The molecule has 218 valence electrons. The lowest BCUT2D eigenvalue weighted by atomic mass is 9.47. The Morgan fingerprint density at radius 1 is 1.02 bits per heavy atom. The van der Waals surface area contributed by atoms with Crippen LogP contribution < -0.4 is 0 Å². The van der Waals surface area contributed by atoms with Crippen molar-refractivity contribution in [2.75, 3.05) is 6.61 Å². The van der Waals surface area contributed by atoms with Crippen molar-refractivity contribution in [3.05, 3.63) is 35.5 Å². The van der Waals surface area contributed by atoms with Gasteiger partial charge in [0.15, 0.2) is 18.0 Å². The van der Waals surface area contributed by atoms with E-state index in [1.165, 1.54) is 0 Å². The molecule has 0 aromatic carbocycles. The molecule has 0 bridgehead atoms. The lowest BCUT2D eigenvalue weighted by molar-refractivity contribution is -0.196. The molecule has 7 heteroatoms. The molecule has 2 fully saturated rings. The first-order chi connectivity index (χ1) is 18.9. The van der Waals surface area contributed by atoms with Crippen LogP contribution in [0.1, 0.15) is 92.9 Å². The molecule has 0 aromatic heterocycles. The highest BCUT2D eigenvalue weighted by molar-refractivity contribution is 6.03. The fraction of sp³-hybridized carbons (Fsp3) is 0.667. The Hall–Kier alpha value is -2.83. The fourth-order valence-corrected chi connectivity index (χ4v) is 8.34. The molecule has 4 aliphatic carbocycles. The van der Waals surface area contributed by atoms with E-state index in [-0.39, 0.29) is 54.5 Å². The molecule has 0 N–H and O–H groups in total. The summed E-state index contributed by atoms with van der Waals surface area (Å²) in [5, 5.41) is 0. The zero-order chi connectivity index (χ0) is 29.5. The lowest BCUT2D eigenvalue weighted by Crippen LogP contribution is -2.63. The molecular formula is C33H44O7. The van der Waals surface area contributed by atoms with Crippen LogP contribution in [0.3, 0.4) is 0 Å². The van der Waals surface area contributed by atoms with Crippen molar-refractivity contribution in [3.63, 3.8) is 0 Å². The van der Waals surface area contributed by atoms with Crippen molar-refractivity contribution in [1.82, 2.24) is 0 Å². The van der Waals surface area contributed by atoms with E-state index in [2.05, 4.69) is 19.9 Å². The van der Waals surface area contributed by atoms with Gasteiger partial charge < -0.3 is 9.47 Å². The molecular weight excluding hydrogens is 508 g/mol. The predicted octanol–water partition coefficient (Wildman–Crippen LogP) is 5.66. The number of fused-ring (bicyclic) bond motifs is 5. The summed E-state index contributed by atoms with van der Waals surface area (Å²) in [5.41, 5.74) is -1.13. The largest absolute Gasteiger partial charge is 0.457 e. The minimum absolute atomic E-state index is 0.00406. The van der Waals surface area contributed by atoms with Crippen molar-refractivity contribution in [1.29, 1.82) is 0 Å². The molecule has 7 atom stereocenters. The van der Waals surface area contributed by atoms with E-state index < -0.39 is 40.8 Å². The van der Waals surface area contributed by atoms with Crippen molar-refractivity contribution >= 4 is 29.3 Å². The van der Waals surface area contributed by atoms with E-state index in [0.717, 1.165) is 36.8 Å². The third kappa shape index (κ3) is 4.63. The summed E-state index contributed by atoms with van der Waals surface area (Å²) < 4.78 is 11.4. The first kappa shape index (κ1) is 30.1. The molecule has 0 spiro atoms. The highest BCUT2D eigenvalue weighted by Gasteiger charge is 2.73. The number of esters is 2. The summed E-state index contributed by atoms with van der Waals surface area (Å²) in [5.74, 6) is -2.59. The number of hydrogen-bond acceptors (Lipinski definition) is 7. The Labute approximate surface area is 237 Å². The van der Waals surface area contributed by atoms with Gasteiger partial charge in [0, 0.05) is 41.9 Å². The van der Waals surface area contributed by atoms with E-state index in [4.69, 9.17) is 9.47 Å². The van der Waals surface area contributed by atoms with Crippen LogP contribution >= 0.6 is 0 Å². The van der Waals surface area contributed by atoms with Crippen LogP contribution in [0, 0.1) is 34.5 Å². The number of carbonyl (C=O) groups is 5. The maximum absolute atomic E-state index is 14.3. The van der Waals surface area contributed by atoms with Gasteiger partial charge in [0.2, 0.25) is 5.78 Å². The molecule has 0 amide bonds. The third-order valence-corrected chi connectivity index (χ3v) is 10.2. The number of ether oxygens (including phenoxy) is 2. The van der Waals surface area contributed by atoms with Gasteiger partial charge in [0.05, 0.1) is 0 Å². The van der Waals surface area contributed by atoms with Gasteiger partial charge in [-0.15, -0.1) is 0 Å². The summed E-state index contributed by atoms with van der Waals surface area (Å²) >= 11 is 0. The highest BCUT2D eigenvalue weighted by atomic mass is 16.6. The molecule has 7 nitrogen and oxygen atoms in total. The van der Waals surface area contributed by atoms with Crippen LogP contribution in [0.15, 0.2) is 35.5 Å². The van der Waals surface area contributed by atoms with E-state index in [1.54, 1.807) is 26.0 Å². The van der Waals surface area contributed by atoms with Gasteiger partial charge in [-0.05, 0) is 54.4 Å². The molecule has 0 heterocycles. The second-order valence-electron chi connectivity index (χ2n) is 12.6. The van der Waals surface area contributed by atoms with Crippen LogP contribution in [-0.4, -0.2) is 41.5 Å². The monoisotopic (exact) mass is 552 g/mol. The van der Waals surface area contributed by atoms with Gasteiger partial charge in [0.1, 0.15) is 5.78 Å². The van der Waals surface area contributed by atoms with Gasteiger partial charge >= 0.3 is 11.9 Å². The number of allylic oxidation sites excluding steroid dienone is 6. The first-order valence-corrected chi connectivity index (χ1v) is 15.0. The van der Waals surface area contributed by atoms with Crippen molar-refractivity contribution < 1.29 is 33.4 Å². The molecule has 0 saturated heterocycles. The molecule has 0 aliphatic heterocycles. The SMILES string of the molecule is CCCCCC1=C[C@@H]2[C@H](C(=O)C[C@@]3(C)[C@H]2C[C@@H](C)[C@]3(OC(=O)CC)C(=O)COC(=O)CC)[C@@]2(C)C=CC(=O)C=C12. The van der Waals surface area contributed by atoms with E-state index in [1.807, 2.05) is 19.9 Å². The predicted molar refractivity (Wildman–Crippen MR) is 150 cm³/mol. The fourth-order valence-electron chi connectivity index (χ4n) is 8.34. The Morgan fingerprint density at radius 3 is 2.38 bits per heavy atom. The molecule has 0 aromatic rings. The van der Waals surface area contributed by atoms with Gasteiger partial charge in [-0.1, -0.05) is 66.5 Å². The maximum Gasteiger partial charge on any atom is 0.306 e. The molecule has 4 aliphatic rings. The molecule has 4 rings (SSSR count). The number of unbranched alkanes of at least 4 members (excludes halogenated alkanes) is 2. The van der Waals surface area contributed by atoms with Gasteiger partial charge in [-0.2, -0.15) is 0 Å². The van der Waals surface area contributed by atoms with Crippen molar-refractivity contribution in [2.24, 2.45) is 34.5 Å². The quantitative estimate of drug-likeness (QED) is 0.254. The average molecular weight is 553 g/mol. The van der Waals surface area contributed by atoms with Crippen LogP contribution in [0.4, 0.5) is 0 Å². The Morgan fingerprint density at radius 2 is 1.73 bits per heavy atom. The summed E-state index contributed by atoms with van der Waals surface area (Å²) in [6.45, 7) is 10.9. The summed E-state index contributed by atoms with van der Waals surface area (Å²) in [4.78, 5) is 65.5. The Balaban J connectivity index is 1.84. The number of ketones is 3. The smallest absolute Gasteiger partial charge is 0.306 e. The van der Waals surface area contributed by atoms with Crippen molar-refractivity contribution in [3.8, 4) is 0 Å². The second-order valence-corrected chi connectivity index (χ2v) is 12.6. The summed E-state index contributed by atoms with van der Waals surface area (Å²) in [7, 11) is 0. The number of Topliss-reactive ketones (excluding diaryl/α,β-unsaturated/α-hetero) is 2. The van der Waals surface area contributed by atoms with Gasteiger partial charge in [0.25, 0.3) is 0 Å². The normalized spacial score (nSPS) is 36.1. The maximum atomic E-state index is 14.3. The number of carbonyl (C=O) groups excluding carboxylic acids is 5. The lowest BCUT2D eigenvalue weighted by Gasteiger charge is -2.56. The van der Waals surface area contributed by atoms with E-state index >= 15 is 0 Å². The highest BCUT2D eigenvalue weighted by Crippen LogP contribution is 2.68. The summed E-state index contributed by atoms with van der Waals surface area (Å²) in [6, 6.07) is 0. The molecule has 40 heavy (non-hydrogen) atoms. The molecule has 0 unspecified atom stereocenters. The van der Waals surface area contributed by atoms with E-state index in [0.29, 0.717) is 6.42 Å². The van der Waals surface area contributed by atoms with Crippen LogP contribution in [0.5, 0.6) is 0 Å². The number of hydrogen-bond donors (Lipinski definition) is 0. The van der Waals surface area contributed by atoms with Crippen LogP contribution in [0.25, 0.3) is 0 Å². The Bertz CT molecular complexity index is 1190. The van der Waals surface area contributed by atoms with Crippen molar-refractivity contribution in [2.45, 2.75) is 98.5 Å². The zero-order valence-corrected chi connectivity index (χ0v) is 24.8.